The molecule has 0 saturated heterocycles. The first-order valence-corrected chi connectivity index (χ1v) is 7.45. The van der Waals surface area contributed by atoms with Crippen molar-refractivity contribution in [3.05, 3.63) is 65.5 Å². The molecule has 0 fully saturated rings. The Kier molecular flexibility index (Phi) is 6.22. The van der Waals surface area contributed by atoms with E-state index in [1.807, 2.05) is 24.3 Å². The highest BCUT2D eigenvalue weighted by Crippen LogP contribution is 2.16. The number of halogens is 1. The lowest BCUT2D eigenvalue weighted by atomic mass is 10.2. The maximum absolute atomic E-state index is 13.5. The van der Waals surface area contributed by atoms with Gasteiger partial charge in [-0.1, -0.05) is 43.7 Å². The van der Waals surface area contributed by atoms with Gasteiger partial charge in [0.1, 0.15) is 18.2 Å². The van der Waals surface area contributed by atoms with Gasteiger partial charge in [0, 0.05) is 12.1 Å². The molecule has 21 heavy (non-hydrogen) atoms. The average Bonchev–Trinajstić information content (AvgIpc) is 2.51. The molecule has 0 amide bonds. The molecule has 0 unspecified atom stereocenters. The molecule has 0 aliphatic rings. The van der Waals surface area contributed by atoms with Crippen molar-refractivity contribution < 1.29 is 9.13 Å². The number of hydrogen-bond donors (Lipinski definition) is 1. The first-order valence-electron chi connectivity index (χ1n) is 7.45. The highest BCUT2D eigenvalue weighted by Gasteiger charge is 2.02. The van der Waals surface area contributed by atoms with E-state index < -0.39 is 0 Å². The molecule has 0 bridgehead atoms. The van der Waals surface area contributed by atoms with E-state index in [9.17, 15) is 4.39 Å². The van der Waals surface area contributed by atoms with Crippen LogP contribution in [-0.4, -0.2) is 6.54 Å². The van der Waals surface area contributed by atoms with Crippen LogP contribution in [0.1, 0.15) is 30.9 Å². The molecule has 0 spiro atoms. The lowest BCUT2D eigenvalue weighted by Crippen LogP contribution is -2.14. The second-order valence-corrected chi connectivity index (χ2v) is 5.06. The van der Waals surface area contributed by atoms with Crippen molar-refractivity contribution in [2.45, 2.75) is 32.9 Å². The Hall–Kier alpha value is -1.87. The highest BCUT2D eigenvalue weighted by atomic mass is 19.1. The second kappa shape index (κ2) is 8.42. The van der Waals surface area contributed by atoms with Gasteiger partial charge in [-0.15, -0.1) is 0 Å². The van der Waals surface area contributed by atoms with Crippen molar-refractivity contribution in [2.24, 2.45) is 0 Å². The van der Waals surface area contributed by atoms with Gasteiger partial charge in [0.15, 0.2) is 0 Å². The molecule has 0 aromatic heterocycles. The van der Waals surface area contributed by atoms with Crippen LogP contribution < -0.4 is 10.1 Å². The minimum Gasteiger partial charge on any atom is -0.489 e. The molecule has 1 N–H and O–H groups in total. The van der Waals surface area contributed by atoms with Crippen LogP contribution >= 0.6 is 0 Å². The van der Waals surface area contributed by atoms with Crippen molar-refractivity contribution in [3.8, 4) is 5.75 Å². The van der Waals surface area contributed by atoms with Gasteiger partial charge in [-0.2, -0.15) is 0 Å². The van der Waals surface area contributed by atoms with Crippen LogP contribution in [0.3, 0.4) is 0 Å². The smallest absolute Gasteiger partial charge is 0.129 e. The van der Waals surface area contributed by atoms with E-state index in [0.29, 0.717) is 5.56 Å². The van der Waals surface area contributed by atoms with Crippen molar-refractivity contribution in [2.75, 3.05) is 6.54 Å². The number of benzene rings is 2. The quantitative estimate of drug-likeness (QED) is 0.731. The van der Waals surface area contributed by atoms with Crippen molar-refractivity contribution >= 4 is 0 Å². The lowest BCUT2D eigenvalue weighted by Gasteiger charge is -2.09. The summed E-state index contributed by atoms with van der Waals surface area (Å²) in [5, 5.41) is 3.40. The van der Waals surface area contributed by atoms with E-state index in [0.717, 1.165) is 18.8 Å². The average molecular weight is 287 g/mol. The molecule has 2 aromatic rings. The first kappa shape index (κ1) is 15.5. The lowest BCUT2D eigenvalue weighted by molar-refractivity contribution is 0.299. The Balaban J connectivity index is 1.87. The van der Waals surface area contributed by atoms with Crippen LogP contribution in [-0.2, 0) is 13.2 Å². The third kappa shape index (κ3) is 5.20. The molecule has 2 aromatic carbocycles. The Morgan fingerprint density at radius 1 is 1.10 bits per heavy atom. The van der Waals surface area contributed by atoms with Gasteiger partial charge in [-0.3, -0.25) is 0 Å². The maximum atomic E-state index is 13.5. The monoisotopic (exact) mass is 287 g/mol. The third-order valence-corrected chi connectivity index (χ3v) is 3.29. The Morgan fingerprint density at radius 3 is 2.76 bits per heavy atom. The Labute approximate surface area is 126 Å². The standard InChI is InChI=1S/C18H22FNO/c1-2-3-11-20-13-15-7-6-9-17(12-15)21-14-16-8-4-5-10-18(16)19/h4-10,12,20H,2-3,11,13-14H2,1H3. The largest absolute Gasteiger partial charge is 0.489 e. The van der Waals surface area contributed by atoms with E-state index >= 15 is 0 Å². The Bertz CT molecular complexity index is 556. The summed E-state index contributed by atoms with van der Waals surface area (Å²) in [6, 6.07) is 14.6. The van der Waals surface area contributed by atoms with Gasteiger partial charge in [-0.25, -0.2) is 4.39 Å². The molecular weight excluding hydrogens is 265 g/mol. The van der Waals surface area contributed by atoms with Gasteiger partial charge in [0.2, 0.25) is 0 Å². The van der Waals surface area contributed by atoms with E-state index in [2.05, 4.69) is 18.3 Å². The van der Waals surface area contributed by atoms with Crippen LogP contribution in [0.5, 0.6) is 5.75 Å². The predicted molar refractivity (Wildman–Crippen MR) is 83.8 cm³/mol. The fourth-order valence-electron chi connectivity index (χ4n) is 2.06. The topological polar surface area (TPSA) is 21.3 Å². The summed E-state index contributed by atoms with van der Waals surface area (Å²) >= 11 is 0. The fourth-order valence-corrected chi connectivity index (χ4v) is 2.06. The minimum atomic E-state index is -0.227. The fraction of sp³-hybridized carbons (Fsp3) is 0.333. The zero-order chi connectivity index (χ0) is 14.9. The molecule has 0 aliphatic heterocycles. The van der Waals surface area contributed by atoms with Crippen LogP contribution in [0.4, 0.5) is 4.39 Å². The molecular formula is C18H22FNO. The van der Waals surface area contributed by atoms with Crippen molar-refractivity contribution in [1.29, 1.82) is 0 Å². The van der Waals surface area contributed by atoms with Gasteiger partial charge in [0.05, 0.1) is 0 Å². The zero-order valence-electron chi connectivity index (χ0n) is 12.4. The van der Waals surface area contributed by atoms with E-state index in [-0.39, 0.29) is 12.4 Å². The summed E-state index contributed by atoms with van der Waals surface area (Å²) in [7, 11) is 0. The van der Waals surface area contributed by atoms with Gasteiger partial charge in [0.25, 0.3) is 0 Å². The van der Waals surface area contributed by atoms with E-state index in [1.54, 1.807) is 12.1 Å². The van der Waals surface area contributed by atoms with Crippen LogP contribution in [0.25, 0.3) is 0 Å². The molecule has 0 atom stereocenters. The molecule has 3 heteroatoms. The SMILES string of the molecule is CCCCNCc1cccc(OCc2ccccc2F)c1. The molecule has 0 saturated carbocycles. The van der Waals surface area contributed by atoms with Gasteiger partial charge >= 0.3 is 0 Å². The number of unbranched alkanes of at least 4 members (excludes halogenated alkanes) is 1. The van der Waals surface area contributed by atoms with E-state index in [1.165, 1.54) is 24.5 Å². The molecule has 0 heterocycles. The zero-order valence-corrected chi connectivity index (χ0v) is 12.4. The summed E-state index contributed by atoms with van der Waals surface area (Å²) in [6.07, 6.45) is 2.38. The number of hydrogen-bond acceptors (Lipinski definition) is 2. The normalized spacial score (nSPS) is 10.6. The second-order valence-electron chi connectivity index (χ2n) is 5.06. The van der Waals surface area contributed by atoms with Gasteiger partial charge in [-0.05, 0) is 36.7 Å². The Morgan fingerprint density at radius 2 is 1.95 bits per heavy atom. The molecule has 0 aliphatic carbocycles. The predicted octanol–water partition coefficient (Wildman–Crippen LogP) is 4.29. The molecule has 2 rings (SSSR count). The van der Waals surface area contributed by atoms with Crippen LogP contribution in [0, 0.1) is 5.82 Å². The minimum absolute atomic E-state index is 0.227. The summed E-state index contributed by atoms with van der Waals surface area (Å²) in [5.41, 5.74) is 1.75. The maximum Gasteiger partial charge on any atom is 0.129 e. The van der Waals surface area contributed by atoms with Crippen LogP contribution in [0.2, 0.25) is 0 Å². The summed E-state index contributed by atoms with van der Waals surface area (Å²) in [4.78, 5) is 0. The summed E-state index contributed by atoms with van der Waals surface area (Å²) in [6.45, 7) is 4.28. The highest BCUT2D eigenvalue weighted by molar-refractivity contribution is 5.29. The number of rotatable bonds is 8. The third-order valence-electron chi connectivity index (χ3n) is 3.29. The van der Waals surface area contributed by atoms with Gasteiger partial charge < -0.3 is 10.1 Å². The summed E-state index contributed by atoms with van der Waals surface area (Å²) < 4.78 is 19.2. The molecule has 2 nitrogen and oxygen atoms in total. The molecule has 112 valence electrons. The van der Waals surface area contributed by atoms with Crippen LogP contribution in [0.15, 0.2) is 48.5 Å². The summed E-state index contributed by atoms with van der Waals surface area (Å²) in [5.74, 6) is 0.544. The number of nitrogens with one attached hydrogen (secondary N) is 1. The van der Waals surface area contributed by atoms with Crippen molar-refractivity contribution in [3.63, 3.8) is 0 Å². The number of ether oxygens (including phenoxy) is 1. The first-order chi connectivity index (χ1) is 10.3. The van der Waals surface area contributed by atoms with E-state index in [4.69, 9.17) is 4.74 Å². The molecule has 0 radical (unpaired) electrons. The van der Waals surface area contributed by atoms with Crippen molar-refractivity contribution in [1.82, 2.24) is 5.32 Å².